The Morgan fingerprint density at radius 1 is 0.821 bits per heavy atom. The monoisotopic (exact) mass is 501 g/mol. The van der Waals surface area contributed by atoms with Gasteiger partial charge in [0.05, 0.1) is 21.0 Å². The van der Waals surface area contributed by atoms with Gasteiger partial charge in [0.25, 0.3) is 0 Å². The molecule has 28 heavy (non-hydrogen) atoms. The Bertz CT molecular complexity index is 1200. The van der Waals surface area contributed by atoms with Crippen LogP contribution in [0.15, 0.2) is 39.9 Å². The molecule has 10 rings (SSSR count). The van der Waals surface area contributed by atoms with Crippen molar-refractivity contribution in [2.45, 2.75) is 28.2 Å². The van der Waals surface area contributed by atoms with E-state index in [-0.39, 0.29) is 37.5 Å². The van der Waals surface area contributed by atoms with Gasteiger partial charge >= 0.3 is 11.4 Å². The molecule has 1 aromatic carbocycles. The lowest BCUT2D eigenvalue weighted by Gasteiger charge is -2.50. The van der Waals surface area contributed by atoms with Crippen LogP contribution in [0.5, 0.6) is 0 Å². The average Bonchev–Trinajstić information content (AvgIpc) is 3.56. The third-order valence-electron chi connectivity index (χ3n) is 10.3. The molecule has 6 aliphatic carbocycles. The fourth-order valence-corrected chi connectivity index (χ4v) is 11.5. The Balaban J connectivity index is 1.33. The Hall–Kier alpha value is -1.08. The van der Waals surface area contributed by atoms with Crippen molar-refractivity contribution in [3.05, 3.63) is 51.3 Å². The molecule has 7 heteroatoms. The second-order valence-corrected chi connectivity index (χ2v) is 14.1. The highest BCUT2D eigenvalue weighted by Crippen LogP contribution is 3.06. The smallest absolute Gasteiger partial charge is 0.245 e. The van der Waals surface area contributed by atoms with Crippen LogP contribution in [0.2, 0.25) is 0 Å². The normalized spacial score (nSPS) is 55.4. The second kappa shape index (κ2) is 3.70. The molecule has 2 bridgehead atoms. The van der Waals surface area contributed by atoms with Gasteiger partial charge in [-0.1, -0.05) is 50.1 Å². The number of rotatable bonds is 1. The minimum absolute atomic E-state index is 0.0980. The molecule has 3 heterocycles. The molecule has 0 amide bonds. The van der Waals surface area contributed by atoms with E-state index in [9.17, 15) is 9.59 Å². The molecule has 2 spiro atoms. The molecule has 6 fully saturated rings. The average molecular weight is 503 g/mol. The number of aromatic nitrogens is 3. The predicted molar refractivity (Wildman–Crippen MR) is 108 cm³/mol. The first-order chi connectivity index (χ1) is 13.5. The number of hydrogen-bond acceptors (Lipinski definition) is 2. The van der Waals surface area contributed by atoms with E-state index in [0.29, 0.717) is 29.4 Å². The maximum Gasteiger partial charge on any atom is 0.352 e. The number of halogens is 2. The molecular formula is C21H17Br2N3O2. The van der Waals surface area contributed by atoms with Gasteiger partial charge in [0.2, 0.25) is 0 Å². The molecule has 2 unspecified atom stereocenters. The van der Waals surface area contributed by atoms with Gasteiger partial charge in [-0.2, -0.15) is 0 Å². The highest BCUT2D eigenvalue weighted by Gasteiger charge is 3.05. The fourth-order valence-electron chi connectivity index (χ4n) is 9.81. The molecule has 0 saturated heterocycles. The van der Waals surface area contributed by atoms with Gasteiger partial charge in [-0.25, -0.2) is 23.5 Å². The van der Waals surface area contributed by atoms with Crippen molar-refractivity contribution in [3.63, 3.8) is 0 Å². The lowest BCUT2D eigenvalue weighted by molar-refractivity contribution is -0.0268. The Labute approximate surface area is 176 Å². The van der Waals surface area contributed by atoms with Crippen molar-refractivity contribution in [2.75, 3.05) is 0 Å². The van der Waals surface area contributed by atoms with E-state index < -0.39 is 0 Å². The van der Waals surface area contributed by atoms with Gasteiger partial charge in [0.15, 0.2) is 0 Å². The summed E-state index contributed by atoms with van der Waals surface area (Å²) in [5, 5.41) is 0. The largest absolute Gasteiger partial charge is 0.352 e. The summed E-state index contributed by atoms with van der Waals surface area (Å²) in [6.45, 7) is 0. The number of nitrogens with zero attached hydrogens (tertiary/aromatic N) is 3. The van der Waals surface area contributed by atoms with Crippen LogP contribution in [-0.2, 0) is 0 Å². The highest BCUT2D eigenvalue weighted by atomic mass is 79.9. The van der Waals surface area contributed by atoms with Crippen molar-refractivity contribution in [1.29, 1.82) is 0 Å². The van der Waals surface area contributed by atoms with Crippen LogP contribution in [0.25, 0.3) is 5.69 Å². The zero-order valence-electron chi connectivity index (χ0n) is 14.8. The molecule has 1 aromatic heterocycles. The predicted octanol–water partition coefficient (Wildman–Crippen LogP) is 2.91. The fraction of sp³-hybridized carbons (Fsp3) is 0.619. The van der Waals surface area contributed by atoms with Crippen LogP contribution in [-0.4, -0.2) is 17.2 Å². The number of fused-ring (bicyclic) bond motifs is 1. The Morgan fingerprint density at radius 2 is 1.36 bits per heavy atom. The summed E-state index contributed by atoms with van der Waals surface area (Å²) in [7, 11) is 0. The van der Waals surface area contributed by atoms with Gasteiger partial charge in [0, 0.05) is 10.8 Å². The van der Waals surface area contributed by atoms with Gasteiger partial charge in [0.1, 0.15) is 0 Å². The maximum atomic E-state index is 13.5. The van der Waals surface area contributed by atoms with E-state index in [2.05, 4.69) is 31.9 Å². The number of benzene rings is 1. The molecular weight excluding hydrogens is 486 g/mol. The lowest BCUT2D eigenvalue weighted by atomic mass is 9.65. The highest BCUT2D eigenvalue weighted by molar-refractivity contribution is 9.25. The second-order valence-electron chi connectivity index (χ2n) is 10.4. The number of alkyl halides is 2. The van der Waals surface area contributed by atoms with E-state index in [1.165, 1.54) is 17.4 Å². The zero-order valence-corrected chi connectivity index (χ0v) is 18.0. The minimum atomic E-state index is -0.118. The van der Waals surface area contributed by atoms with Crippen LogP contribution in [0.1, 0.15) is 24.9 Å². The van der Waals surface area contributed by atoms with Crippen LogP contribution in [0.4, 0.5) is 0 Å². The molecule has 5 nitrogen and oxygen atoms in total. The summed E-state index contributed by atoms with van der Waals surface area (Å²) in [6, 6.07) is 9.95. The molecule has 10 atom stereocenters. The third-order valence-corrected chi connectivity index (χ3v) is 12.6. The minimum Gasteiger partial charge on any atom is -0.245 e. The van der Waals surface area contributed by atoms with Gasteiger partial charge < -0.3 is 0 Å². The van der Waals surface area contributed by atoms with Crippen LogP contribution in [0, 0.1) is 46.3 Å². The standard InChI is InChI=1S/C21H17Br2N3O2/c22-21(23)9-6-19-14-11-12-13(11)16(20(14,19)7-10(9)21)26-18(28)24(8-4-2-1-3-5-8)17(27)25(26)15(12)19/h1-5,9-16H,6-7H2/t9-,10+,11?,12-,13-,14?,15-,16-,19-,20-/m0/s1. The first-order valence-corrected chi connectivity index (χ1v) is 12.0. The summed E-state index contributed by atoms with van der Waals surface area (Å²) in [5.74, 6) is 4.20. The first-order valence-electron chi connectivity index (χ1n) is 10.4. The Kier molecular flexibility index (Phi) is 1.96. The van der Waals surface area contributed by atoms with Crippen LogP contribution < -0.4 is 11.4 Å². The van der Waals surface area contributed by atoms with Gasteiger partial charge in [-0.15, -0.1) is 0 Å². The number of para-hydroxylation sites is 1. The molecule has 2 aliphatic heterocycles. The summed E-state index contributed by atoms with van der Waals surface area (Å²) in [5.41, 5.74) is 1.03. The Morgan fingerprint density at radius 3 is 1.89 bits per heavy atom. The SMILES string of the molecule is O=c1n(-c2ccccc2)c(=O)n2n1[C@H]1[C@H]3C4C5[C@@]16C[C@@H]1[C@H](C[C@@]56[C@@H]2[C@@H]43)C1(Br)Br. The molecule has 0 radical (unpaired) electrons. The molecule has 8 aliphatic rings. The first kappa shape index (κ1) is 14.8. The van der Waals surface area contributed by atoms with Crippen molar-refractivity contribution < 1.29 is 0 Å². The van der Waals surface area contributed by atoms with Crippen LogP contribution >= 0.6 is 31.9 Å². The van der Waals surface area contributed by atoms with E-state index in [1.807, 2.05) is 39.7 Å². The summed E-state index contributed by atoms with van der Waals surface area (Å²) in [6.07, 6.45) is 2.44. The lowest BCUT2D eigenvalue weighted by Crippen LogP contribution is -2.53. The number of hydrogen-bond donors (Lipinski definition) is 0. The van der Waals surface area contributed by atoms with Crippen LogP contribution in [0.3, 0.4) is 0 Å². The zero-order chi connectivity index (χ0) is 18.5. The van der Waals surface area contributed by atoms with Gasteiger partial charge in [-0.05, 0) is 60.5 Å². The van der Waals surface area contributed by atoms with Gasteiger partial charge in [-0.3, -0.25) is 0 Å². The summed E-state index contributed by atoms with van der Waals surface area (Å²) >= 11 is 7.86. The van der Waals surface area contributed by atoms with E-state index in [1.54, 1.807) is 0 Å². The van der Waals surface area contributed by atoms with E-state index in [0.717, 1.165) is 11.8 Å². The van der Waals surface area contributed by atoms with Crippen molar-refractivity contribution in [1.82, 2.24) is 13.9 Å². The van der Waals surface area contributed by atoms with E-state index in [4.69, 9.17) is 0 Å². The topological polar surface area (TPSA) is 48.9 Å². The van der Waals surface area contributed by atoms with Crippen molar-refractivity contribution in [3.8, 4) is 5.69 Å². The van der Waals surface area contributed by atoms with Crippen molar-refractivity contribution >= 4 is 31.9 Å². The summed E-state index contributed by atoms with van der Waals surface area (Å²) in [4.78, 5) is 27.1. The summed E-state index contributed by atoms with van der Waals surface area (Å²) < 4.78 is 5.38. The quantitative estimate of drug-likeness (QED) is 0.563. The maximum absolute atomic E-state index is 13.5. The molecule has 0 N–H and O–H groups in total. The third kappa shape index (κ3) is 1.06. The molecule has 142 valence electrons. The van der Waals surface area contributed by atoms with E-state index >= 15 is 0 Å². The molecule has 6 saturated carbocycles. The van der Waals surface area contributed by atoms with Crippen molar-refractivity contribution in [2.24, 2.45) is 46.3 Å². The molecule has 2 aromatic rings.